The van der Waals surface area contributed by atoms with Crippen LogP contribution in [-0.4, -0.2) is 12.1 Å². The number of amides is 1. The summed E-state index contributed by atoms with van der Waals surface area (Å²) in [6.07, 6.45) is 4.66. The predicted octanol–water partition coefficient (Wildman–Crippen LogP) is 6.63. The van der Waals surface area contributed by atoms with Crippen LogP contribution < -0.4 is 5.32 Å². The predicted molar refractivity (Wildman–Crippen MR) is 123 cm³/mol. The summed E-state index contributed by atoms with van der Waals surface area (Å²) in [6, 6.07) is 12.2. The Hall–Kier alpha value is -2.79. The van der Waals surface area contributed by atoms with E-state index in [1.54, 1.807) is 29.7 Å². The first-order chi connectivity index (χ1) is 14.4. The molecule has 1 atom stereocenters. The van der Waals surface area contributed by atoms with Crippen LogP contribution in [0.2, 0.25) is 0 Å². The zero-order chi connectivity index (χ0) is 21.3. The molecule has 0 saturated heterocycles. The average molecular weight is 421 g/mol. The maximum Gasteiger partial charge on any atom is 0.259 e. The van der Waals surface area contributed by atoms with Crippen LogP contribution in [0.1, 0.15) is 50.8 Å². The second kappa shape index (κ2) is 8.52. The summed E-state index contributed by atoms with van der Waals surface area (Å²) in [5.41, 5.74) is 5.56. The van der Waals surface area contributed by atoms with Crippen LogP contribution in [0, 0.1) is 25.6 Å². The van der Waals surface area contributed by atoms with Crippen LogP contribution >= 0.6 is 11.3 Å². The van der Waals surface area contributed by atoms with Crippen molar-refractivity contribution < 1.29 is 9.18 Å². The number of aryl methyl sites for hydroxylation is 2. The molecule has 30 heavy (non-hydrogen) atoms. The van der Waals surface area contributed by atoms with Crippen LogP contribution in [-0.2, 0) is 12.8 Å². The minimum atomic E-state index is -0.276. The summed E-state index contributed by atoms with van der Waals surface area (Å²) in [7, 11) is 0. The number of fused-ring (bicyclic) bond motifs is 1. The molecule has 1 aliphatic carbocycles. The lowest BCUT2D eigenvalue weighted by Crippen LogP contribution is -2.17. The van der Waals surface area contributed by atoms with E-state index in [4.69, 9.17) is 0 Å². The fraction of sp³-hybridized carbons (Fsp3) is 0.280. The molecule has 1 amide bonds. The summed E-state index contributed by atoms with van der Waals surface area (Å²) in [4.78, 5) is 19.3. The third-order valence-corrected chi connectivity index (χ3v) is 6.80. The second-order valence-electron chi connectivity index (χ2n) is 8.06. The van der Waals surface area contributed by atoms with E-state index in [1.165, 1.54) is 17.0 Å². The maximum absolute atomic E-state index is 13.4. The summed E-state index contributed by atoms with van der Waals surface area (Å²) in [6.45, 7) is 6.25. The van der Waals surface area contributed by atoms with Gasteiger partial charge in [-0.2, -0.15) is 0 Å². The van der Waals surface area contributed by atoms with Gasteiger partial charge in [0.15, 0.2) is 0 Å². The van der Waals surface area contributed by atoms with Gasteiger partial charge in [-0.1, -0.05) is 37.3 Å². The number of aliphatic imine (C=N–C) groups is 1. The number of hydrogen-bond donors (Lipinski definition) is 1. The summed E-state index contributed by atoms with van der Waals surface area (Å²) in [5.74, 6) is 0.228. The SMILES string of the molecule is Cc1cccc(C)c1NC(=O)c1c(N=Cc2ccc(F)cc2)sc2c1CC[C@H](C)C2. The molecule has 4 rings (SSSR count). The number of thiophene rings is 1. The van der Waals surface area contributed by atoms with Gasteiger partial charge in [0.05, 0.1) is 5.56 Å². The van der Waals surface area contributed by atoms with Gasteiger partial charge in [0.2, 0.25) is 0 Å². The van der Waals surface area contributed by atoms with E-state index >= 15 is 0 Å². The number of nitrogens with zero attached hydrogens (tertiary/aromatic N) is 1. The van der Waals surface area contributed by atoms with E-state index in [0.717, 1.165) is 52.2 Å². The van der Waals surface area contributed by atoms with Crippen molar-refractivity contribution in [3.63, 3.8) is 0 Å². The standard InChI is InChI=1S/C25H25FN2OS/c1-15-7-12-20-21(13-15)30-25(27-14-18-8-10-19(26)11-9-18)22(20)24(29)28-23-16(2)5-4-6-17(23)3/h4-6,8-11,14-15H,7,12-13H2,1-3H3,(H,28,29)/t15-/m0/s1. The number of carbonyl (C=O) groups is 1. The van der Waals surface area contributed by atoms with Crippen molar-refractivity contribution in [2.75, 3.05) is 5.32 Å². The van der Waals surface area contributed by atoms with E-state index < -0.39 is 0 Å². The van der Waals surface area contributed by atoms with Crippen LogP contribution in [0.4, 0.5) is 15.1 Å². The molecule has 3 nitrogen and oxygen atoms in total. The molecular formula is C25H25FN2OS. The quantitative estimate of drug-likeness (QED) is 0.473. The number of hydrogen-bond acceptors (Lipinski definition) is 3. The van der Waals surface area contributed by atoms with Gasteiger partial charge < -0.3 is 5.32 Å². The van der Waals surface area contributed by atoms with E-state index in [0.29, 0.717) is 11.5 Å². The van der Waals surface area contributed by atoms with Gasteiger partial charge >= 0.3 is 0 Å². The molecule has 0 unspecified atom stereocenters. The van der Waals surface area contributed by atoms with E-state index in [1.807, 2.05) is 32.0 Å². The third kappa shape index (κ3) is 4.21. The summed E-state index contributed by atoms with van der Waals surface area (Å²) < 4.78 is 13.2. The van der Waals surface area contributed by atoms with Crippen LogP contribution in [0.25, 0.3) is 0 Å². The van der Waals surface area contributed by atoms with Crippen LogP contribution in [0.15, 0.2) is 47.5 Å². The van der Waals surface area contributed by atoms with Crippen molar-refractivity contribution in [1.82, 2.24) is 0 Å². The number of anilines is 1. The molecule has 0 spiro atoms. The average Bonchev–Trinajstić information content (AvgIpc) is 3.07. The molecule has 154 valence electrons. The number of halogens is 1. The Bertz CT molecular complexity index is 1090. The first-order valence-corrected chi connectivity index (χ1v) is 11.1. The van der Waals surface area contributed by atoms with Gasteiger partial charge in [-0.3, -0.25) is 4.79 Å². The van der Waals surface area contributed by atoms with Crippen molar-refractivity contribution in [2.45, 2.75) is 40.0 Å². The van der Waals surface area contributed by atoms with E-state index in [-0.39, 0.29) is 11.7 Å². The monoisotopic (exact) mass is 420 g/mol. The lowest BCUT2D eigenvalue weighted by atomic mass is 9.88. The van der Waals surface area contributed by atoms with Gasteiger partial charge in [0.1, 0.15) is 10.8 Å². The van der Waals surface area contributed by atoms with Gasteiger partial charge in [0, 0.05) is 16.8 Å². The van der Waals surface area contributed by atoms with Crippen molar-refractivity contribution in [1.29, 1.82) is 0 Å². The Morgan fingerprint density at radius 2 is 1.87 bits per heavy atom. The maximum atomic E-state index is 13.4. The zero-order valence-corrected chi connectivity index (χ0v) is 18.3. The largest absolute Gasteiger partial charge is 0.321 e. The highest BCUT2D eigenvalue weighted by Crippen LogP contribution is 2.41. The molecule has 1 aromatic heterocycles. The number of rotatable bonds is 4. The molecule has 0 bridgehead atoms. The Kier molecular flexibility index (Phi) is 5.82. The Morgan fingerprint density at radius 3 is 2.57 bits per heavy atom. The van der Waals surface area contributed by atoms with E-state index in [2.05, 4.69) is 17.2 Å². The molecule has 1 aliphatic rings. The summed E-state index contributed by atoms with van der Waals surface area (Å²) >= 11 is 1.60. The fourth-order valence-electron chi connectivity index (χ4n) is 3.93. The van der Waals surface area contributed by atoms with Crippen molar-refractivity contribution in [2.24, 2.45) is 10.9 Å². The molecule has 0 aliphatic heterocycles. The first-order valence-electron chi connectivity index (χ1n) is 10.2. The van der Waals surface area contributed by atoms with Crippen LogP contribution in [0.3, 0.4) is 0 Å². The minimum absolute atomic E-state index is 0.106. The van der Waals surface area contributed by atoms with Crippen molar-refractivity contribution in [3.8, 4) is 0 Å². The molecule has 1 heterocycles. The molecule has 3 aromatic rings. The Balaban J connectivity index is 1.71. The van der Waals surface area contributed by atoms with Gasteiger partial charge in [0.25, 0.3) is 5.91 Å². The van der Waals surface area contributed by atoms with E-state index in [9.17, 15) is 9.18 Å². The number of benzene rings is 2. The first kappa shape index (κ1) is 20.5. The number of carbonyl (C=O) groups excluding carboxylic acids is 1. The molecular weight excluding hydrogens is 395 g/mol. The second-order valence-corrected chi connectivity index (χ2v) is 9.15. The highest BCUT2D eigenvalue weighted by Gasteiger charge is 2.27. The molecule has 0 radical (unpaired) electrons. The Labute approximate surface area is 180 Å². The molecule has 5 heteroatoms. The number of nitrogens with one attached hydrogen (secondary N) is 1. The fourth-order valence-corrected chi connectivity index (χ4v) is 5.28. The lowest BCUT2D eigenvalue weighted by molar-refractivity contribution is 0.102. The zero-order valence-electron chi connectivity index (χ0n) is 17.5. The molecule has 0 fully saturated rings. The lowest BCUT2D eigenvalue weighted by Gasteiger charge is -2.19. The Morgan fingerprint density at radius 1 is 1.17 bits per heavy atom. The highest BCUT2D eigenvalue weighted by molar-refractivity contribution is 7.16. The highest BCUT2D eigenvalue weighted by atomic mass is 32.1. The van der Waals surface area contributed by atoms with Gasteiger partial charge in [-0.25, -0.2) is 9.38 Å². The topological polar surface area (TPSA) is 41.5 Å². The normalized spacial score (nSPS) is 15.9. The van der Waals surface area contributed by atoms with Crippen molar-refractivity contribution >= 4 is 34.1 Å². The number of para-hydroxylation sites is 1. The molecule has 2 aromatic carbocycles. The minimum Gasteiger partial charge on any atom is -0.321 e. The molecule has 1 N–H and O–H groups in total. The van der Waals surface area contributed by atoms with Gasteiger partial charge in [-0.05, 0) is 73.4 Å². The van der Waals surface area contributed by atoms with Crippen LogP contribution in [0.5, 0.6) is 0 Å². The summed E-state index contributed by atoms with van der Waals surface area (Å²) in [5, 5.41) is 3.86. The third-order valence-electron chi connectivity index (χ3n) is 5.64. The van der Waals surface area contributed by atoms with Gasteiger partial charge in [-0.15, -0.1) is 11.3 Å². The molecule has 0 saturated carbocycles. The van der Waals surface area contributed by atoms with Crippen molar-refractivity contribution in [3.05, 3.63) is 81.0 Å². The smallest absolute Gasteiger partial charge is 0.259 e.